The fourth-order valence-corrected chi connectivity index (χ4v) is 4.46. The van der Waals surface area contributed by atoms with E-state index in [2.05, 4.69) is 5.32 Å². The van der Waals surface area contributed by atoms with Crippen LogP contribution < -0.4 is 5.32 Å². The van der Waals surface area contributed by atoms with Gasteiger partial charge in [0, 0.05) is 38.9 Å². The summed E-state index contributed by atoms with van der Waals surface area (Å²) in [6.07, 6.45) is 1.28. The van der Waals surface area contributed by atoms with E-state index in [1.54, 1.807) is 4.31 Å². The third-order valence-electron chi connectivity index (χ3n) is 3.36. The van der Waals surface area contributed by atoms with Gasteiger partial charge >= 0.3 is 0 Å². The number of nitrogens with one attached hydrogen (secondary N) is 1. The smallest absolute Gasteiger partial charge is 0.217 e. The van der Waals surface area contributed by atoms with Crippen LogP contribution >= 0.6 is 0 Å². The first-order valence-electron chi connectivity index (χ1n) is 5.91. The molecule has 0 aromatic carbocycles. The van der Waals surface area contributed by atoms with Gasteiger partial charge in [-0.25, -0.2) is 8.42 Å². The van der Waals surface area contributed by atoms with E-state index >= 15 is 0 Å². The molecule has 16 heavy (non-hydrogen) atoms. The second kappa shape index (κ2) is 5.00. The Kier molecular flexibility index (Phi) is 3.84. The summed E-state index contributed by atoms with van der Waals surface area (Å²) in [4.78, 5) is 0. The molecule has 1 N–H and O–H groups in total. The van der Waals surface area contributed by atoms with Crippen LogP contribution in [0.1, 0.15) is 19.8 Å². The Balaban J connectivity index is 2.10. The van der Waals surface area contributed by atoms with Crippen LogP contribution in [0.25, 0.3) is 0 Å². The van der Waals surface area contributed by atoms with E-state index < -0.39 is 10.0 Å². The number of ether oxygens (including phenoxy) is 1. The van der Waals surface area contributed by atoms with Crippen molar-refractivity contribution in [3.63, 3.8) is 0 Å². The average Bonchev–Trinajstić information content (AvgIpc) is 2.30. The summed E-state index contributed by atoms with van der Waals surface area (Å²) in [7, 11) is -3.12. The SMILES string of the molecule is C[C@H]1CNCCN1S(=O)(=O)C1CCOCC1. The quantitative estimate of drug-likeness (QED) is 0.734. The predicted octanol–water partition coefficient (Wildman–Crippen LogP) is -0.211. The fraction of sp³-hybridized carbons (Fsp3) is 1.00. The minimum atomic E-state index is -3.12. The highest BCUT2D eigenvalue weighted by atomic mass is 32.2. The van der Waals surface area contributed by atoms with Gasteiger partial charge < -0.3 is 10.1 Å². The average molecular weight is 248 g/mol. The third kappa shape index (κ3) is 2.40. The summed E-state index contributed by atoms with van der Waals surface area (Å²) in [5.74, 6) is 0. The van der Waals surface area contributed by atoms with Crippen molar-refractivity contribution in [3.8, 4) is 0 Å². The van der Waals surface area contributed by atoms with Crippen molar-refractivity contribution in [2.24, 2.45) is 0 Å². The van der Waals surface area contributed by atoms with Gasteiger partial charge in [0.25, 0.3) is 0 Å². The lowest BCUT2D eigenvalue weighted by molar-refractivity contribution is 0.0965. The number of hydrogen-bond acceptors (Lipinski definition) is 4. The standard InChI is InChI=1S/C10H20N2O3S/c1-9-8-11-4-5-12(9)16(13,14)10-2-6-15-7-3-10/h9-11H,2-8H2,1H3/t9-/m0/s1. The first-order valence-corrected chi connectivity index (χ1v) is 7.42. The van der Waals surface area contributed by atoms with E-state index in [9.17, 15) is 8.42 Å². The Morgan fingerprint density at radius 1 is 1.31 bits per heavy atom. The summed E-state index contributed by atoms with van der Waals surface area (Å²) in [5.41, 5.74) is 0. The molecule has 2 aliphatic rings. The number of sulfonamides is 1. The van der Waals surface area contributed by atoms with E-state index in [1.807, 2.05) is 6.92 Å². The number of hydrogen-bond donors (Lipinski definition) is 1. The second-order valence-electron chi connectivity index (χ2n) is 4.52. The largest absolute Gasteiger partial charge is 0.381 e. The molecular weight excluding hydrogens is 228 g/mol. The topological polar surface area (TPSA) is 58.6 Å². The molecule has 94 valence electrons. The third-order valence-corrected chi connectivity index (χ3v) is 5.87. The Morgan fingerprint density at radius 3 is 2.62 bits per heavy atom. The Bertz CT molecular complexity index is 325. The van der Waals surface area contributed by atoms with Gasteiger partial charge in [0.05, 0.1) is 5.25 Å². The maximum absolute atomic E-state index is 12.4. The molecule has 0 aliphatic carbocycles. The normalized spacial score (nSPS) is 30.4. The highest BCUT2D eigenvalue weighted by molar-refractivity contribution is 7.89. The lowest BCUT2D eigenvalue weighted by Gasteiger charge is -2.36. The molecule has 2 rings (SSSR count). The predicted molar refractivity (Wildman–Crippen MR) is 61.8 cm³/mol. The Morgan fingerprint density at radius 2 is 2.00 bits per heavy atom. The molecule has 0 saturated carbocycles. The summed E-state index contributed by atoms with van der Waals surface area (Å²) in [6.45, 7) is 5.22. The van der Waals surface area contributed by atoms with Gasteiger partial charge in [-0.15, -0.1) is 0 Å². The van der Waals surface area contributed by atoms with Crippen LogP contribution in [0.3, 0.4) is 0 Å². The maximum Gasteiger partial charge on any atom is 0.217 e. The van der Waals surface area contributed by atoms with Crippen LogP contribution in [0.5, 0.6) is 0 Å². The Labute approximate surface area is 97.2 Å². The first kappa shape index (κ1) is 12.3. The molecule has 2 saturated heterocycles. The van der Waals surface area contributed by atoms with E-state index in [0.717, 1.165) is 13.1 Å². The molecule has 2 heterocycles. The van der Waals surface area contributed by atoms with Gasteiger partial charge in [-0.1, -0.05) is 0 Å². The highest BCUT2D eigenvalue weighted by Gasteiger charge is 2.36. The first-order chi connectivity index (χ1) is 7.62. The summed E-state index contributed by atoms with van der Waals surface area (Å²) < 4.78 is 31.7. The van der Waals surface area contributed by atoms with Crippen LogP contribution in [0.4, 0.5) is 0 Å². The molecule has 0 amide bonds. The molecule has 0 unspecified atom stereocenters. The van der Waals surface area contributed by atoms with Crippen LogP contribution in [-0.4, -0.2) is 56.9 Å². The molecule has 0 bridgehead atoms. The summed E-state index contributed by atoms with van der Waals surface area (Å²) in [6, 6.07) is 0.0709. The van der Waals surface area contributed by atoms with Crippen molar-refractivity contribution in [3.05, 3.63) is 0 Å². The molecule has 2 aliphatic heterocycles. The van der Waals surface area contributed by atoms with Gasteiger partial charge in [0.15, 0.2) is 0 Å². The van der Waals surface area contributed by atoms with Crippen LogP contribution in [0, 0.1) is 0 Å². The molecule has 1 atom stereocenters. The lowest BCUT2D eigenvalue weighted by Crippen LogP contribution is -2.55. The zero-order chi connectivity index (χ0) is 11.6. The fourth-order valence-electron chi connectivity index (χ4n) is 2.37. The van der Waals surface area contributed by atoms with Crippen molar-refractivity contribution in [2.75, 3.05) is 32.8 Å². The van der Waals surface area contributed by atoms with E-state index in [0.29, 0.717) is 32.6 Å². The van der Waals surface area contributed by atoms with Crippen LogP contribution in [0.15, 0.2) is 0 Å². The molecular formula is C10H20N2O3S. The molecule has 5 nitrogen and oxygen atoms in total. The van der Waals surface area contributed by atoms with Crippen molar-refractivity contribution in [1.82, 2.24) is 9.62 Å². The highest BCUT2D eigenvalue weighted by Crippen LogP contribution is 2.22. The second-order valence-corrected chi connectivity index (χ2v) is 6.69. The van der Waals surface area contributed by atoms with Crippen molar-refractivity contribution < 1.29 is 13.2 Å². The maximum atomic E-state index is 12.4. The monoisotopic (exact) mass is 248 g/mol. The summed E-state index contributed by atoms with van der Waals surface area (Å²) in [5, 5.41) is 2.97. The summed E-state index contributed by atoms with van der Waals surface area (Å²) >= 11 is 0. The van der Waals surface area contributed by atoms with Crippen LogP contribution in [0.2, 0.25) is 0 Å². The molecule has 6 heteroatoms. The van der Waals surface area contributed by atoms with Gasteiger partial charge in [-0.2, -0.15) is 4.31 Å². The van der Waals surface area contributed by atoms with Gasteiger partial charge in [0.2, 0.25) is 10.0 Å². The number of nitrogens with zero attached hydrogens (tertiary/aromatic N) is 1. The van der Waals surface area contributed by atoms with Gasteiger partial charge in [0.1, 0.15) is 0 Å². The van der Waals surface area contributed by atoms with Crippen molar-refractivity contribution in [2.45, 2.75) is 31.1 Å². The zero-order valence-corrected chi connectivity index (χ0v) is 10.5. The van der Waals surface area contributed by atoms with E-state index in [-0.39, 0.29) is 11.3 Å². The molecule has 0 aromatic rings. The Hall–Kier alpha value is -0.170. The van der Waals surface area contributed by atoms with E-state index in [4.69, 9.17) is 4.74 Å². The van der Waals surface area contributed by atoms with Crippen LogP contribution in [-0.2, 0) is 14.8 Å². The van der Waals surface area contributed by atoms with Crippen molar-refractivity contribution >= 4 is 10.0 Å². The molecule has 0 aromatic heterocycles. The zero-order valence-electron chi connectivity index (χ0n) is 9.68. The van der Waals surface area contributed by atoms with Gasteiger partial charge in [-0.05, 0) is 19.8 Å². The number of rotatable bonds is 2. The van der Waals surface area contributed by atoms with E-state index in [1.165, 1.54) is 0 Å². The minimum Gasteiger partial charge on any atom is -0.381 e. The number of piperazine rings is 1. The molecule has 0 spiro atoms. The lowest BCUT2D eigenvalue weighted by atomic mass is 10.2. The molecule has 2 fully saturated rings. The minimum absolute atomic E-state index is 0.0709. The molecule has 0 radical (unpaired) electrons. The van der Waals surface area contributed by atoms with Gasteiger partial charge in [-0.3, -0.25) is 0 Å². The van der Waals surface area contributed by atoms with Crippen molar-refractivity contribution in [1.29, 1.82) is 0 Å².